The van der Waals surface area contributed by atoms with Crippen molar-refractivity contribution in [1.82, 2.24) is 19.9 Å². The Balaban J connectivity index is 1.67. The number of nitrogens with zero attached hydrogens (tertiary/aromatic N) is 3. The van der Waals surface area contributed by atoms with Crippen molar-refractivity contribution in [1.29, 1.82) is 0 Å². The fraction of sp³-hybridized carbons (Fsp3) is 0.235. The molecule has 0 spiro atoms. The van der Waals surface area contributed by atoms with Crippen molar-refractivity contribution in [3.8, 4) is 0 Å². The van der Waals surface area contributed by atoms with Gasteiger partial charge < -0.3 is 9.88 Å². The van der Waals surface area contributed by atoms with Crippen LogP contribution in [0.4, 0.5) is 0 Å². The fourth-order valence-electron chi connectivity index (χ4n) is 3.15. The molecule has 22 heavy (non-hydrogen) atoms. The van der Waals surface area contributed by atoms with Crippen LogP contribution in [-0.2, 0) is 0 Å². The molecular weight excluding hydrogens is 276 g/mol. The molecule has 4 heterocycles. The highest BCUT2D eigenvalue weighted by Crippen LogP contribution is 2.33. The van der Waals surface area contributed by atoms with Crippen LogP contribution in [0.5, 0.6) is 0 Å². The maximum absolute atomic E-state index is 12.7. The standard InChI is InChI=1S/C17H16N4O/c22-17(13-5-1-7-18-11-13)21-9-3-6-15(21)14-10-12-4-2-8-19-16(12)20-14/h1-2,4-5,7-8,10-11,15H,3,6,9H2,(H,19,20)/t15-/m1/s1. The van der Waals surface area contributed by atoms with Crippen molar-refractivity contribution in [2.24, 2.45) is 0 Å². The minimum Gasteiger partial charge on any atom is -0.341 e. The lowest BCUT2D eigenvalue weighted by Crippen LogP contribution is -2.30. The maximum Gasteiger partial charge on any atom is 0.255 e. The van der Waals surface area contributed by atoms with Crippen molar-refractivity contribution in [2.75, 3.05) is 6.54 Å². The van der Waals surface area contributed by atoms with Crippen molar-refractivity contribution < 1.29 is 4.79 Å². The van der Waals surface area contributed by atoms with Crippen molar-refractivity contribution in [3.05, 3.63) is 60.2 Å². The number of hydrogen-bond donors (Lipinski definition) is 1. The summed E-state index contributed by atoms with van der Waals surface area (Å²) in [6.07, 6.45) is 7.07. The Morgan fingerprint density at radius 3 is 3.00 bits per heavy atom. The molecule has 0 aromatic carbocycles. The Morgan fingerprint density at radius 2 is 2.18 bits per heavy atom. The van der Waals surface area contributed by atoms with Crippen LogP contribution in [0.1, 0.15) is 34.9 Å². The minimum atomic E-state index is 0.0437. The minimum absolute atomic E-state index is 0.0437. The average molecular weight is 292 g/mol. The van der Waals surface area contributed by atoms with E-state index in [1.807, 2.05) is 23.1 Å². The molecule has 1 amide bonds. The highest BCUT2D eigenvalue weighted by Gasteiger charge is 2.31. The van der Waals surface area contributed by atoms with Gasteiger partial charge in [-0.2, -0.15) is 0 Å². The lowest BCUT2D eigenvalue weighted by atomic mass is 10.1. The van der Waals surface area contributed by atoms with E-state index in [-0.39, 0.29) is 11.9 Å². The average Bonchev–Trinajstić information content (AvgIpc) is 3.21. The lowest BCUT2D eigenvalue weighted by molar-refractivity contribution is 0.0733. The van der Waals surface area contributed by atoms with Crippen LogP contribution in [0.2, 0.25) is 0 Å². The molecule has 1 saturated heterocycles. The van der Waals surface area contributed by atoms with Gasteiger partial charge >= 0.3 is 0 Å². The molecule has 1 N–H and O–H groups in total. The van der Waals surface area contributed by atoms with Crippen LogP contribution >= 0.6 is 0 Å². The van der Waals surface area contributed by atoms with E-state index in [0.717, 1.165) is 36.1 Å². The summed E-state index contributed by atoms with van der Waals surface area (Å²) in [4.78, 5) is 26.4. The zero-order chi connectivity index (χ0) is 14.9. The number of likely N-dealkylation sites (tertiary alicyclic amines) is 1. The van der Waals surface area contributed by atoms with Crippen LogP contribution < -0.4 is 0 Å². The van der Waals surface area contributed by atoms with Gasteiger partial charge in [0.1, 0.15) is 5.65 Å². The third-order valence-corrected chi connectivity index (χ3v) is 4.19. The molecular formula is C17H16N4O. The second-order valence-electron chi connectivity index (χ2n) is 5.56. The number of rotatable bonds is 2. The summed E-state index contributed by atoms with van der Waals surface area (Å²) in [7, 11) is 0. The molecule has 5 nitrogen and oxygen atoms in total. The van der Waals surface area contributed by atoms with Gasteiger partial charge in [-0.25, -0.2) is 4.98 Å². The number of H-pyrrole nitrogens is 1. The fourth-order valence-corrected chi connectivity index (χ4v) is 3.15. The Morgan fingerprint density at radius 1 is 1.27 bits per heavy atom. The highest BCUT2D eigenvalue weighted by atomic mass is 16.2. The first-order valence-electron chi connectivity index (χ1n) is 7.47. The Hall–Kier alpha value is -2.69. The maximum atomic E-state index is 12.7. The molecule has 110 valence electrons. The topological polar surface area (TPSA) is 61.9 Å². The predicted octanol–water partition coefficient (Wildman–Crippen LogP) is 2.94. The van der Waals surface area contributed by atoms with Gasteiger partial charge in [0.25, 0.3) is 5.91 Å². The number of carbonyl (C=O) groups is 1. The van der Waals surface area contributed by atoms with E-state index >= 15 is 0 Å². The number of aromatic amines is 1. The highest BCUT2D eigenvalue weighted by molar-refractivity contribution is 5.94. The first kappa shape index (κ1) is 13.0. The number of carbonyl (C=O) groups excluding carboxylic acids is 1. The molecule has 0 aliphatic carbocycles. The zero-order valence-electron chi connectivity index (χ0n) is 12.1. The number of pyridine rings is 2. The van der Waals surface area contributed by atoms with E-state index in [4.69, 9.17) is 0 Å². The summed E-state index contributed by atoms with van der Waals surface area (Å²) >= 11 is 0. The summed E-state index contributed by atoms with van der Waals surface area (Å²) in [5, 5.41) is 1.08. The molecule has 1 aliphatic rings. The van der Waals surface area contributed by atoms with Crippen LogP contribution in [0.15, 0.2) is 48.9 Å². The molecule has 1 atom stereocenters. The molecule has 0 bridgehead atoms. The van der Waals surface area contributed by atoms with Crippen LogP contribution in [-0.4, -0.2) is 32.3 Å². The smallest absolute Gasteiger partial charge is 0.255 e. The van der Waals surface area contributed by atoms with Gasteiger partial charge in [0.2, 0.25) is 0 Å². The number of aromatic nitrogens is 3. The zero-order valence-corrected chi connectivity index (χ0v) is 12.1. The van der Waals surface area contributed by atoms with Gasteiger partial charge in [-0.3, -0.25) is 9.78 Å². The van der Waals surface area contributed by atoms with Crippen LogP contribution in [0.3, 0.4) is 0 Å². The number of hydrogen-bond acceptors (Lipinski definition) is 3. The molecule has 0 saturated carbocycles. The summed E-state index contributed by atoms with van der Waals surface area (Å²) in [5.74, 6) is 0.0437. The quantitative estimate of drug-likeness (QED) is 0.790. The Labute approximate surface area is 128 Å². The van der Waals surface area contributed by atoms with E-state index in [1.165, 1.54) is 0 Å². The molecule has 0 unspecified atom stereocenters. The largest absolute Gasteiger partial charge is 0.341 e. The summed E-state index contributed by atoms with van der Waals surface area (Å²) < 4.78 is 0. The molecule has 0 radical (unpaired) electrons. The third-order valence-electron chi connectivity index (χ3n) is 4.19. The SMILES string of the molecule is O=C(c1cccnc1)N1CCC[C@@H]1c1cc2cccnc2[nH]1. The first-order chi connectivity index (χ1) is 10.8. The number of amides is 1. The molecule has 3 aromatic rings. The summed E-state index contributed by atoms with van der Waals surface area (Å²) in [5.41, 5.74) is 2.57. The second-order valence-corrected chi connectivity index (χ2v) is 5.56. The van der Waals surface area contributed by atoms with Gasteiger partial charge in [-0.05, 0) is 43.2 Å². The first-order valence-corrected chi connectivity index (χ1v) is 7.47. The van der Waals surface area contributed by atoms with E-state index in [9.17, 15) is 4.79 Å². The van der Waals surface area contributed by atoms with Gasteiger partial charge in [-0.15, -0.1) is 0 Å². The normalized spacial score (nSPS) is 18.0. The van der Waals surface area contributed by atoms with Crippen molar-refractivity contribution >= 4 is 16.9 Å². The van der Waals surface area contributed by atoms with E-state index in [0.29, 0.717) is 5.56 Å². The van der Waals surface area contributed by atoms with Gasteiger partial charge in [-0.1, -0.05) is 0 Å². The number of fused-ring (bicyclic) bond motifs is 1. The summed E-state index contributed by atoms with van der Waals surface area (Å²) in [6, 6.07) is 9.75. The van der Waals surface area contributed by atoms with Crippen LogP contribution in [0.25, 0.3) is 11.0 Å². The van der Waals surface area contributed by atoms with Gasteiger partial charge in [0.15, 0.2) is 0 Å². The van der Waals surface area contributed by atoms with Crippen LogP contribution in [0, 0.1) is 0 Å². The third kappa shape index (κ3) is 2.15. The van der Waals surface area contributed by atoms with E-state index in [2.05, 4.69) is 21.0 Å². The van der Waals surface area contributed by atoms with Crippen molar-refractivity contribution in [3.63, 3.8) is 0 Å². The Kier molecular flexibility index (Phi) is 3.11. The monoisotopic (exact) mass is 292 g/mol. The van der Waals surface area contributed by atoms with Gasteiger partial charge in [0, 0.05) is 36.2 Å². The van der Waals surface area contributed by atoms with E-state index in [1.54, 1.807) is 24.7 Å². The van der Waals surface area contributed by atoms with Crippen molar-refractivity contribution in [2.45, 2.75) is 18.9 Å². The molecule has 5 heteroatoms. The molecule has 1 aliphatic heterocycles. The number of nitrogens with one attached hydrogen (secondary N) is 1. The lowest BCUT2D eigenvalue weighted by Gasteiger charge is -2.23. The molecule has 3 aromatic heterocycles. The predicted molar refractivity (Wildman–Crippen MR) is 83.3 cm³/mol. The molecule has 1 fully saturated rings. The molecule has 4 rings (SSSR count). The summed E-state index contributed by atoms with van der Waals surface area (Å²) in [6.45, 7) is 0.779. The Bertz CT molecular complexity index is 779. The van der Waals surface area contributed by atoms with Gasteiger partial charge in [0.05, 0.1) is 11.6 Å². The second kappa shape index (κ2) is 5.26. The van der Waals surface area contributed by atoms with E-state index < -0.39 is 0 Å².